The average Bonchev–Trinajstić information content (AvgIpc) is 3.27. The SMILES string of the molecule is CCC(C)[Si]1(C(C)CC)O[SiH2]O[SiH2]O[SiH2]O[SiH2]O[SiH2]O[Si](C(C)CC)(C(C)CC)O[Si](C(C)CC)(C(C)CC)O[Si](C(C)CC)(C(C)CC)O[Si](C(C)CC)(C(C)CC)O1. The molecule has 10 nitrogen and oxygen atoms in total. The zero-order chi connectivity index (χ0) is 46.0. The van der Waals surface area contributed by atoms with Crippen molar-refractivity contribution in [2.75, 3.05) is 0 Å². The Balaban J connectivity index is 4.78. The minimum absolute atomic E-state index is 0.205. The van der Waals surface area contributed by atoms with Crippen LogP contribution in [0.3, 0.4) is 0 Å². The van der Waals surface area contributed by atoms with E-state index in [9.17, 15) is 0 Å². The van der Waals surface area contributed by atoms with Crippen LogP contribution in [0, 0.1) is 0 Å². The Bertz CT molecular complexity index is 1030. The van der Waals surface area contributed by atoms with Gasteiger partial charge in [0.15, 0.2) is 0 Å². The molecule has 1 heterocycles. The standard InChI is InChI=1S/C40H100O10Si10/c1-21-31(11)56(32(12)22-2)45-54-43-52-41-51-42-53-44-55-46-57(33(13)23-3,34(14)24-4)48-59(37(17)27-7,38(18)28-8)50-60(39(19)29-9,40(20)30-10)49-58(47-56,35(15)25-5)36(16)26-6/h31-40H,21-30,51-55H2,1-20H3. The summed E-state index contributed by atoms with van der Waals surface area (Å²) in [6.07, 6.45) is 9.78. The van der Waals surface area contributed by atoms with E-state index in [2.05, 4.69) is 138 Å². The minimum atomic E-state index is -3.30. The second-order valence-electron chi connectivity index (χ2n) is 18.8. The Morgan fingerprint density at radius 2 is 0.400 bits per heavy atom. The van der Waals surface area contributed by atoms with Crippen molar-refractivity contribution in [1.82, 2.24) is 0 Å². The zero-order valence-corrected chi connectivity index (χ0v) is 55.0. The molecule has 10 atom stereocenters. The Morgan fingerprint density at radius 1 is 0.250 bits per heavy atom. The molecule has 60 heavy (non-hydrogen) atoms. The first kappa shape index (κ1) is 59.8. The quantitative estimate of drug-likeness (QED) is 0.110. The van der Waals surface area contributed by atoms with Gasteiger partial charge in [0.25, 0.3) is 50.0 Å². The van der Waals surface area contributed by atoms with Gasteiger partial charge in [-0.15, -0.1) is 0 Å². The van der Waals surface area contributed by atoms with Crippen molar-refractivity contribution in [3.05, 3.63) is 0 Å². The first-order valence-electron chi connectivity index (χ1n) is 24.7. The number of hydrogen-bond acceptors (Lipinski definition) is 10. The maximum Gasteiger partial charge on any atom is 0.326 e. The van der Waals surface area contributed by atoms with Crippen LogP contribution in [0.1, 0.15) is 203 Å². The van der Waals surface area contributed by atoms with Gasteiger partial charge in [0.05, 0.1) is 0 Å². The second-order valence-corrected chi connectivity index (χ2v) is 49.2. The van der Waals surface area contributed by atoms with Crippen molar-refractivity contribution in [2.45, 2.75) is 258 Å². The largest absolute Gasteiger partial charge is 0.425 e. The fraction of sp³-hybridized carbons (Fsp3) is 1.00. The summed E-state index contributed by atoms with van der Waals surface area (Å²) in [5.74, 6) is 0. The van der Waals surface area contributed by atoms with Gasteiger partial charge in [-0.2, -0.15) is 0 Å². The maximum absolute atomic E-state index is 8.70. The molecule has 360 valence electrons. The van der Waals surface area contributed by atoms with Gasteiger partial charge in [-0.1, -0.05) is 203 Å². The molecule has 0 saturated carbocycles. The van der Waals surface area contributed by atoms with E-state index in [0.717, 1.165) is 64.2 Å². The van der Waals surface area contributed by atoms with Gasteiger partial charge < -0.3 is 41.2 Å². The Kier molecular flexibility index (Phi) is 28.7. The molecule has 0 aliphatic carbocycles. The molecule has 1 rings (SSSR count). The van der Waals surface area contributed by atoms with Crippen molar-refractivity contribution >= 4 is 92.8 Å². The van der Waals surface area contributed by atoms with E-state index in [-0.39, 0.29) is 55.4 Å². The van der Waals surface area contributed by atoms with E-state index in [1.807, 2.05) is 0 Å². The van der Waals surface area contributed by atoms with Crippen LogP contribution < -0.4 is 0 Å². The van der Waals surface area contributed by atoms with E-state index in [1.54, 1.807) is 0 Å². The first-order chi connectivity index (χ1) is 28.3. The van der Waals surface area contributed by atoms with Crippen LogP contribution in [0.15, 0.2) is 0 Å². The highest BCUT2D eigenvalue weighted by Gasteiger charge is 2.67. The molecule has 1 aliphatic heterocycles. The topological polar surface area (TPSA) is 92.3 Å². The third kappa shape index (κ3) is 13.9. The van der Waals surface area contributed by atoms with Crippen LogP contribution in [0.4, 0.5) is 0 Å². The lowest BCUT2D eigenvalue weighted by atomic mass is 10.3. The molecule has 0 spiro atoms. The van der Waals surface area contributed by atoms with Crippen LogP contribution in [-0.4, -0.2) is 92.8 Å². The summed E-state index contributed by atoms with van der Waals surface area (Å²) < 4.78 is 74.1. The number of hydrogen-bond donors (Lipinski definition) is 0. The second kappa shape index (κ2) is 28.8. The zero-order valence-electron chi connectivity index (χ0n) is 43.0. The highest BCUT2D eigenvalue weighted by Crippen LogP contribution is 2.56. The molecule has 1 aliphatic rings. The van der Waals surface area contributed by atoms with Gasteiger partial charge in [-0.3, -0.25) is 0 Å². The average molecular weight is 1020 g/mol. The Labute approximate surface area is 389 Å². The van der Waals surface area contributed by atoms with E-state index in [4.69, 9.17) is 41.2 Å². The molecular formula is C40H100O10Si10. The van der Waals surface area contributed by atoms with Gasteiger partial charge in [0.1, 0.15) is 0 Å². The van der Waals surface area contributed by atoms with Crippen molar-refractivity contribution in [3.8, 4) is 0 Å². The molecule has 0 aromatic heterocycles. The highest BCUT2D eigenvalue weighted by molar-refractivity contribution is 6.95. The van der Waals surface area contributed by atoms with Crippen molar-refractivity contribution in [3.63, 3.8) is 0 Å². The van der Waals surface area contributed by atoms with E-state index < -0.39 is 92.8 Å². The lowest BCUT2D eigenvalue weighted by molar-refractivity contribution is 0.194. The van der Waals surface area contributed by atoms with Crippen LogP contribution in [0.2, 0.25) is 55.4 Å². The Hall–Kier alpha value is 1.77. The Morgan fingerprint density at radius 3 is 0.583 bits per heavy atom. The summed E-state index contributed by atoms with van der Waals surface area (Å²) >= 11 is 0. The van der Waals surface area contributed by atoms with Gasteiger partial charge >= 0.3 is 42.8 Å². The van der Waals surface area contributed by atoms with Gasteiger partial charge in [-0.05, 0) is 55.4 Å². The van der Waals surface area contributed by atoms with Crippen molar-refractivity contribution in [1.29, 1.82) is 0 Å². The summed E-state index contributed by atoms with van der Waals surface area (Å²) in [7, 11) is -22.2. The molecule has 0 bridgehead atoms. The van der Waals surface area contributed by atoms with Crippen molar-refractivity contribution in [2.24, 2.45) is 0 Å². The summed E-state index contributed by atoms with van der Waals surface area (Å²) in [6, 6.07) is 0. The molecule has 10 unspecified atom stereocenters. The van der Waals surface area contributed by atoms with Crippen LogP contribution in [0.5, 0.6) is 0 Å². The van der Waals surface area contributed by atoms with Crippen molar-refractivity contribution < 1.29 is 41.2 Å². The van der Waals surface area contributed by atoms with E-state index in [1.165, 1.54) is 0 Å². The molecule has 0 aromatic carbocycles. The maximum atomic E-state index is 8.70. The number of rotatable bonds is 20. The van der Waals surface area contributed by atoms with E-state index >= 15 is 0 Å². The molecule has 1 fully saturated rings. The summed E-state index contributed by atoms with van der Waals surface area (Å²) in [5, 5.41) is 0. The van der Waals surface area contributed by atoms with Crippen LogP contribution in [-0.2, 0) is 41.2 Å². The summed E-state index contributed by atoms with van der Waals surface area (Å²) in [4.78, 5) is 0. The van der Waals surface area contributed by atoms with Gasteiger partial charge in [0, 0.05) is 0 Å². The highest BCUT2D eigenvalue weighted by atomic mass is 28.5. The van der Waals surface area contributed by atoms with E-state index in [0.29, 0.717) is 0 Å². The predicted octanol–water partition coefficient (Wildman–Crippen LogP) is 10.4. The first-order valence-corrected chi connectivity index (χ1v) is 40.4. The summed E-state index contributed by atoms with van der Waals surface area (Å²) in [6.45, 7) is 47.5. The monoisotopic (exact) mass is 1020 g/mol. The predicted molar refractivity (Wildman–Crippen MR) is 279 cm³/mol. The van der Waals surface area contributed by atoms with Gasteiger partial charge in [0.2, 0.25) is 0 Å². The molecular weight excluding hydrogens is 921 g/mol. The lowest BCUT2D eigenvalue weighted by Gasteiger charge is -2.58. The normalized spacial score (nSPS) is 36.0. The molecule has 0 aromatic rings. The van der Waals surface area contributed by atoms with Gasteiger partial charge in [-0.25, -0.2) is 0 Å². The molecule has 20 heteroatoms. The van der Waals surface area contributed by atoms with Crippen LogP contribution >= 0.6 is 0 Å². The molecule has 0 amide bonds. The summed E-state index contributed by atoms with van der Waals surface area (Å²) in [5.41, 5.74) is 2.31. The lowest BCUT2D eigenvalue weighted by Crippen LogP contribution is -2.72. The fourth-order valence-electron chi connectivity index (χ4n) is 9.15. The molecule has 0 radical (unpaired) electrons. The van der Waals surface area contributed by atoms with Crippen LogP contribution in [0.25, 0.3) is 0 Å². The minimum Gasteiger partial charge on any atom is -0.425 e. The smallest absolute Gasteiger partial charge is 0.326 e. The third-order valence-electron chi connectivity index (χ3n) is 15.5. The fourth-order valence-corrected chi connectivity index (χ4v) is 57.6. The molecule has 1 saturated heterocycles. The molecule has 0 N–H and O–H groups in total. The third-order valence-corrected chi connectivity index (χ3v) is 53.4.